The Balaban J connectivity index is 0.000000659. The fraction of sp³-hybridized carbons (Fsp3) is 0.436. The number of carbonyl (C=O) groups excluding carboxylic acids is 2. The monoisotopic (exact) mass is 944 g/mol. The Labute approximate surface area is 408 Å². The summed E-state index contributed by atoms with van der Waals surface area (Å²) in [6, 6.07) is 25.6. The molecule has 0 spiro atoms. The van der Waals surface area contributed by atoms with Gasteiger partial charge in [0.25, 0.3) is 0 Å². The standard InChI is InChI=1S/C47H53N5O5.C6H14N2O2.C2H6/c1-46(2,31-56-32-47(3,4)26-45(54)55)25-44(53)52-21-19-51(20-22-52)30-34-10-13-38(40-29-50-42-15-18-49-28-41(40)42)43(24-34)57-23-16-33-8-11-36(12-9-33)37-7-5-6-35-14-17-48-27-39(35)37;1-2-10-4-3-8-6(9)5-7;1-2/h5-15,17-18,24,27-29,50H,16,19-23,25-26,30-32H2,1-4H3,(H,54,55);2-5,7H2,1H3,(H,8,9);1-2H3. The molecule has 0 radical (unpaired) electrons. The van der Waals surface area contributed by atoms with E-state index >= 15 is 0 Å². The number of hydrogen-bond donors (Lipinski definition) is 4. The van der Waals surface area contributed by atoms with Gasteiger partial charge in [-0.3, -0.25) is 29.3 Å². The van der Waals surface area contributed by atoms with Gasteiger partial charge in [0.15, 0.2) is 0 Å². The van der Waals surface area contributed by atoms with E-state index in [1.54, 1.807) is 6.20 Å². The maximum Gasteiger partial charge on any atom is 0.303 e. The lowest BCUT2D eigenvalue weighted by Crippen LogP contribution is -2.49. The SMILES string of the molecule is CC.CC(C)(COCC(C)(C)CC(=O)N1CCN(Cc2ccc(-c3c[nH]c4ccncc34)c(OCCc3ccc(-c4cccc5ccncc45)cc3)c2)CC1)CC(=O)O.CCOCCNC(=O)CN. The van der Waals surface area contributed by atoms with E-state index in [-0.39, 0.29) is 30.2 Å². The van der Waals surface area contributed by atoms with E-state index < -0.39 is 11.4 Å². The van der Waals surface area contributed by atoms with Crippen molar-refractivity contribution in [1.82, 2.24) is 30.1 Å². The molecule has 1 aliphatic rings. The molecule has 1 fully saturated rings. The van der Waals surface area contributed by atoms with Crippen LogP contribution in [0, 0.1) is 10.8 Å². The predicted molar refractivity (Wildman–Crippen MR) is 275 cm³/mol. The smallest absolute Gasteiger partial charge is 0.303 e. The molecule has 0 bridgehead atoms. The molecule has 3 aromatic heterocycles. The Morgan fingerprint density at radius 3 is 2.16 bits per heavy atom. The van der Waals surface area contributed by atoms with Crippen molar-refractivity contribution < 1.29 is 33.7 Å². The van der Waals surface area contributed by atoms with E-state index in [1.807, 2.05) is 90.3 Å². The highest BCUT2D eigenvalue weighted by Gasteiger charge is 2.30. The van der Waals surface area contributed by atoms with Crippen molar-refractivity contribution in [3.63, 3.8) is 0 Å². The third-order valence-corrected chi connectivity index (χ3v) is 11.8. The summed E-state index contributed by atoms with van der Waals surface area (Å²) in [6.07, 6.45) is 10.7. The highest BCUT2D eigenvalue weighted by atomic mass is 16.5. The largest absolute Gasteiger partial charge is 0.493 e. The number of carboxylic acid groups (broad SMARTS) is 1. The normalized spacial score (nSPS) is 13.0. The minimum absolute atomic E-state index is 0.0403. The van der Waals surface area contributed by atoms with E-state index in [0.29, 0.717) is 59.1 Å². The van der Waals surface area contributed by atoms with Gasteiger partial charge in [0.05, 0.1) is 39.4 Å². The summed E-state index contributed by atoms with van der Waals surface area (Å²) in [6.45, 7) is 20.5. The van der Waals surface area contributed by atoms with Crippen LogP contribution in [-0.2, 0) is 36.8 Å². The maximum atomic E-state index is 13.4. The van der Waals surface area contributed by atoms with Gasteiger partial charge in [0.1, 0.15) is 5.75 Å². The molecular formula is C55H73N7O7. The molecule has 0 unspecified atom stereocenters. The zero-order valence-corrected chi connectivity index (χ0v) is 41.7. The Morgan fingerprint density at radius 1 is 0.783 bits per heavy atom. The third-order valence-electron chi connectivity index (χ3n) is 11.8. The Hall–Kier alpha value is -6.19. The fourth-order valence-corrected chi connectivity index (χ4v) is 8.22. The lowest BCUT2D eigenvalue weighted by molar-refractivity contribution is -0.140. The zero-order valence-electron chi connectivity index (χ0n) is 41.7. The van der Waals surface area contributed by atoms with Gasteiger partial charge in [0, 0.05) is 117 Å². The number of rotatable bonds is 21. The first-order valence-electron chi connectivity index (χ1n) is 24.2. The average molecular weight is 944 g/mol. The second kappa shape index (κ2) is 26.5. The van der Waals surface area contributed by atoms with Crippen molar-refractivity contribution >= 4 is 39.5 Å². The summed E-state index contributed by atoms with van der Waals surface area (Å²) < 4.78 is 17.5. The van der Waals surface area contributed by atoms with Gasteiger partial charge >= 0.3 is 5.97 Å². The topological polar surface area (TPSA) is 185 Å². The summed E-state index contributed by atoms with van der Waals surface area (Å²) in [7, 11) is 0. The number of aromatic amines is 1. The zero-order chi connectivity index (χ0) is 49.8. The van der Waals surface area contributed by atoms with E-state index in [2.05, 4.69) is 85.8 Å². The first kappa shape index (κ1) is 53.8. The van der Waals surface area contributed by atoms with Gasteiger partial charge in [0.2, 0.25) is 11.8 Å². The number of ether oxygens (including phenoxy) is 3. The highest BCUT2D eigenvalue weighted by molar-refractivity contribution is 5.97. The molecule has 5 N–H and O–H groups in total. The molecule has 7 rings (SSSR count). The molecule has 14 nitrogen and oxygen atoms in total. The van der Waals surface area contributed by atoms with E-state index in [0.717, 1.165) is 70.3 Å². The van der Waals surface area contributed by atoms with Gasteiger partial charge in [-0.05, 0) is 63.6 Å². The number of benzene rings is 3. The molecule has 0 aliphatic carbocycles. The molecular weight excluding hydrogens is 871 g/mol. The Morgan fingerprint density at radius 2 is 1.46 bits per heavy atom. The van der Waals surface area contributed by atoms with Crippen molar-refractivity contribution in [2.45, 2.75) is 74.3 Å². The number of carboxylic acids is 1. The van der Waals surface area contributed by atoms with Crippen LogP contribution in [0.5, 0.6) is 5.75 Å². The van der Waals surface area contributed by atoms with Gasteiger partial charge < -0.3 is 40.3 Å². The number of nitrogens with one attached hydrogen (secondary N) is 2. The number of fused-ring (bicyclic) bond motifs is 2. The van der Waals surface area contributed by atoms with Crippen LogP contribution in [0.15, 0.2) is 104 Å². The number of hydrogen-bond acceptors (Lipinski definition) is 10. The van der Waals surface area contributed by atoms with Crippen molar-refractivity contribution in [3.8, 4) is 28.0 Å². The molecule has 3 aromatic carbocycles. The number of amides is 2. The number of piperazine rings is 1. The molecule has 2 amide bonds. The summed E-state index contributed by atoms with van der Waals surface area (Å²) in [5.74, 6) is -0.0146. The lowest BCUT2D eigenvalue weighted by Gasteiger charge is -2.36. The molecule has 370 valence electrons. The van der Waals surface area contributed by atoms with Crippen LogP contribution in [0.2, 0.25) is 0 Å². The van der Waals surface area contributed by atoms with Crippen LogP contribution in [0.4, 0.5) is 0 Å². The van der Waals surface area contributed by atoms with Gasteiger partial charge in [-0.2, -0.15) is 0 Å². The maximum absolute atomic E-state index is 13.4. The molecule has 1 aliphatic heterocycles. The molecule has 6 aromatic rings. The summed E-state index contributed by atoms with van der Waals surface area (Å²) in [5, 5.41) is 15.1. The number of nitrogens with two attached hydrogens (primary N) is 1. The second-order valence-corrected chi connectivity index (χ2v) is 18.6. The second-order valence-electron chi connectivity index (χ2n) is 18.6. The lowest BCUT2D eigenvalue weighted by atomic mass is 9.88. The summed E-state index contributed by atoms with van der Waals surface area (Å²) in [4.78, 5) is 51.5. The van der Waals surface area contributed by atoms with Gasteiger partial charge in [-0.1, -0.05) is 96.1 Å². The summed E-state index contributed by atoms with van der Waals surface area (Å²) >= 11 is 0. The molecule has 69 heavy (non-hydrogen) atoms. The Kier molecular flexibility index (Phi) is 20.7. The molecule has 1 saturated heterocycles. The number of pyridine rings is 2. The third kappa shape index (κ3) is 16.5. The van der Waals surface area contributed by atoms with E-state index in [9.17, 15) is 14.4 Å². The predicted octanol–water partition coefficient (Wildman–Crippen LogP) is 8.77. The van der Waals surface area contributed by atoms with Gasteiger partial charge in [-0.25, -0.2) is 0 Å². The van der Waals surface area contributed by atoms with Crippen molar-refractivity contribution in [1.29, 1.82) is 0 Å². The highest BCUT2D eigenvalue weighted by Crippen LogP contribution is 2.36. The fourth-order valence-electron chi connectivity index (χ4n) is 8.22. The van der Waals surface area contributed by atoms with E-state index in [1.165, 1.54) is 16.5 Å². The van der Waals surface area contributed by atoms with Crippen LogP contribution in [0.1, 0.15) is 72.4 Å². The molecule has 4 heterocycles. The van der Waals surface area contributed by atoms with Gasteiger partial charge in [-0.15, -0.1) is 0 Å². The molecule has 0 atom stereocenters. The summed E-state index contributed by atoms with van der Waals surface area (Å²) in [5.41, 5.74) is 12.0. The number of nitrogens with zero attached hydrogens (tertiary/aromatic N) is 4. The number of carbonyl (C=O) groups is 3. The first-order valence-corrected chi connectivity index (χ1v) is 24.2. The minimum atomic E-state index is -0.837. The van der Waals surface area contributed by atoms with Crippen LogP contribution >= 0.6 is 0 Å². The van der Waals surface area contributed by atoms with Crippen LogP contribution < -0.4 is 15.8 Å². The van der Waals surface area contributed by atoms with Crippen molar-refractivity contribution in [2.24, 2.45) is 16.6 Å². The number of aromatic nitrogens is 3. The van der Waals surface area contributed by atoms with Crippen LogP contribution in [-0.4, -0.2) is 120 Å². The number of aliphatic carboxylic acids is 1. The minimum Gasteiger partial charge on any atom is -0.493 e. The number of H-pyrrole nitrogens is 1. The molecule has 14 heteroatoms. The van der Waals surface area contributed by atoms with Crippen LogP contribution in [0.25, 0.3) is 43.9 Å². The Bertz CT molecular complexity index is 2540. The van der Waals surface area contributed by atoms with Crippen LogP contribution in [0.3, 0.4) is 0 Å². The van der Waals surface area contributed by atoms with Crippen molar-refractivity contribution in [3.05, 3.63) is 115 Å². The molecule has 0 saturated carbocycles. The average Bonchev–Trinajstić information content (AvgIpc) is 3.77. The van der Waals surface area contributed by atoms with E-state index in [4.69, 9.17) is 25.1 Å². The van der Waals surface area contributed by atoms with Crippen molar-refractivity contribution in [2.75, 3.05) is 72.3 Å². The quantitative estimate of drug-likeness (QED) is 0.0506. The first-order chi connectivity index (χ1) is 33.2.